The number of aromatic nitrogens is 3. The van der Waals surface area contributed by atoms with Gasteiger partial charge in [-0.2, -0.15) is 5.10 Å². The summed E-state index contributed by atoms with van der Waals surface area (Å²) in [5.74, 6) is 0.0696. The highest BCUT2D eigenvalue weighted by Crippen LogP contribution is 2.20. The molecule has 1 saturated heterocycles. The van der Waals surface area contributed by atoms with E-state index in [-0.39, 0.29) is 11.7 Å². The summed E-state index contributed by atoms with van der Waals surface area (Å²) < 4.78 is 17.2. The summed E-state index contributed by atoms with van der Waals surface area (Å²) in [5.41, 5.74) is 1.03. The SMILES string of the molecule is C[C@H]1CCCCN1CCCNC(=O)c1cnn(-c2cccc(F)c2)c1-n1cccc1. The van der Waals surface area contributed by atoms with Crippen molar-refractivity contribution in [2.45, 2.75) is 38.6 Å². The highest BCUT2D eigenvalue weighted by atomic mass is 19.1. The molecular formula is C23H28FN5O. The fourth-order valence-electron chi connectivity index (χ4n) is 4.09. The average molecular weight is 410 g/mol. The second-order valence-corrected chi connectivity index (χ2v) is 7.85. The van der Waals surface area contributed by atoms with Crippen LogP contribution < -0.4 is 5.32 Å². The van der Waals surface area contributed by atoms with Crippen molar-refractivity contribution in [3.05, 3.63) is 66.4 Å². The zero-order valence-corrected chi connectivity index (χ0v) is 17.3. The number of halogens is 1. The molecule has 2 aromatic heterocycles. The number of rotatable bonds is 7. The van der Waals surface area contributed by atoms with E-state index in [0.29, 0.717) is 29.7 Å². The van der Waals surface area contributed by atoms with Crippen LogP contribution in [0.5, 0.6) is 0 Å². The minimum absolute atomic E-state index is 0.173. The average Bonchev–Trinajstić information content (AvgIpc) is 3.41. The van der Waals surface area contributed by atoms with Gasteiger partial charge in [0.15, 0.2) is 5.82 Å². The summed E-state index contributed by atoms with van der Waals surface area (Å²) >= 11 is 0. The molecule has 0 radical (unpaired) electrons. The Morgan fingerprint density at radius 1 is 1.23 bits per heavy atom. The predicted octanol–water partition coefficient (Wildman–Crippen LogP) is 3.80. The third kappa shape index (κ3) is 4.46. The van der Waals surface area contributed by atoms with Crippen LogP contribution in [0, 0.1) is 5.82 Å². The number of amides is 1. The van der Waals surface area contributed by atoms with Crippen molar-refractivity contribution in [3.63, 3.8) is 0 Å². The molecule has 0 bridgehead atoms. The van der Waals surface area contributed by atoms with E-state index in [4.69, 9.17) is 0 Å². The highest BCUT2D eigenvalue weighted by Gasteiger charge is 2.21. The third-order valence-corrected chi connectivity index (χ3v) is 5.74. The summed E-state index contributed by atoms with van der Waals surface area (Å²) in [5, 5.41) is 7.40. The van der Waals surface area contributed by atoms with Gasteiger partial charge in [0.2, 0.25) is 0 Å². The molecule has 1 N–H and O–H groups in total. The Kier molecular flexibility index (Phi) is 6.28. The number of hydrogen-bond acceptors (Lipinski definition) is 3. The minimum Gasteiger partial charge on any atom is -0.352 e. The molecule has 0 saturated carbocycles. The number of likely N-dealkylation sites (tertiary alicyclic amines) is 1. The van der Waals surface area contributed by atoms with Gasteiger partial charge in [0.25, 0.3) is 5.91 Å². The van der Waals surface area contributed by atoms with Crippen molar-refractivity contribution < 1.29 is 9.18 Å². The number of carbonyl (C=O) groups is 1. The van der Waals surface area contributed by atoms with Gasteiger partial charge in [0.1, 0.15) is 11.4 Å². The van der Waals surface area contributed by atoms with Crippen molar-refractivity contribution in [1.29, 1.82) is 0 Å². The maximum absolute atomic E-state index is 13.7. The number of nitrogens with zero attached hydrogens (tertiary/aromatic N) is 4. The first-order chi connectivity index (χ1) is 14.6. The van der Waals surface area contributed by atoms with Crippen LogP contribution in [0.2, 0.25) is 0 Å². The molecule has 4 rings (SSSR count). The lowest BCUT2D eigenvalue weighted by Crippen LogP contribution is -2.39. The zero-order chi connectivity index (χ0) is 20.9. The molecular weight excluding hydrogens is 381 g/mol. The molecule has 30 heavy (non-hydrogen) atoms. The fourth-order valence-corrected chi connectivity index (χ4v) is 4.09. The molecule has 1 aliphatic rings. The summed E-state index contributed by atoms with van der Waals surface area (Å²) in [4.78, 5) is 15.4. The van der Waals surface area contributed by atoms with Crippen LogP contribution in [0.3, 0.4) is 0 Å². The topological polar surface area (TPSA) is 55.1 Å². The number of hydrogen-bond donors (Lipinski definition) is 1. The van der Waals surface area contributed by atoms with Crippen molar-refractivity contribution in [3.8, 4) is 11.5 Å². The van der Waals surface area contributed by atoms with Crippen molar-refractivity contribution >= 4 is 5.91 Å². The summed E-state index contributed by atoms with van der Waals surface area (Å²) in [7, 11) is 0. The molecule has 0 spiro atoms. The van der Waals surface area contributed by atoms with Gasteiger partial charge in [-0.3, -0.25) is 4.79 Å². The van der Waals surface area contributed by atoms with E-state index in [1.54, 1.807) is 23.0 Å². The lowest BCUT2D eigenvalue weighted by molar-refractivity contribution is 0.0949. The van der Waals surface area contributed by atoms with Gasteiger partial charge in [-0.1, -0.05) is 12.5 Å². The second kappa shape index (κ2) is 9.26. The van der Waals surface area contributed by atoms with Crippen LogP contribution in [0.4, 0.5) is 4.39 Å². The van der Waals surface area contributed by atoms with Crippen LogP contribution in [-0.2, 0) is 0 Å². The number of piperidine rings is 1. The normalized spacial score (nSPS) is 17.2. The Morgan fingerprint density at radius 3 is 2.83 bits per heavy atom. The van der Waals surface area contributed by atoms with Gasteiger partial charge in [-0.15, -0.1) is 0 Å². The summed E-state index contributed by atoms with van der Waals surface area (Å²) in [6.45, 7) is 5.03. The monoisotopic (exact) mass is 409 g/mol. The van der Waals surface area contributed by atoms with Gasteiger partial charge in [-0.05, 0) is 63.1 Å². The molecule has 0 unspecified atom stereocenters. The zero-order valence-electron chi connectivity index (χ0n) is 17.3. The molecule has 3 aromatic rings. The molecule has 1 aliphatic heterocycles. The first-order valence-electron chi connectivity index (χ1n) is 10.6. The highest BCUT2D eigenvalue weighted by molar-refractivity contribution is 5.97. The van der Waals surface area contributed by atoms with Crippen LogP contribution in [0.25, 0.3) is 11.5 Å². The van der Waals surface area contributed by atoms with Crippen molar-refractivity contribution in [2.24, 2.45) is 0 Å². The molecule has 1 amide bonds. The Hall–Kier alpha value is -2.93. The molecule has 1 aromatic carbocycles. The van der Waals surface area contributed by atoms with Crippen LogP contribution >= 0.6 is 0 Å². The van der Waals surface area contributed by atoms with E-state index in [2.05, 4.69) is 22.2 Å². The van der Waals surface area contributed by atoms with Gasteiger partial charge in [0, 0.05) is 31.5 Å². The maximum Gasteiger partial charge on any atom is 0.256 e. The minimum atomic E-state index is -0.348. The largest absolute Gasteiger partial charge is 0.352 e. The van der Waals surface area contributed by atoms with E-state index >= 15 is 0 Å². The number of nitrogens with one attached hydrogen (secondary N) is 1. The Morgan fingerprint density at radius 2 is 2.07 bits per heavy atom. The predicted molar refractivity (Wildman–Crippen MR) is 115 cm³/mol. The molecule has 3 heterocycles. The first kappa shape index (κ1) is 20.3. The molecule has 6 nitrogen and oxygen atoms in total. The standard InChI is InChI=1S/C23H28FN5O/c1-18-8-2-3-12-27(18)15-7-11-25-22(30)21-17-26-29(20-10-6-9-19(24)16-20)23(21)28-13-4-5-14-28/h4-6,9-10,13-14,16-18H,2-3,7-8,11-12,15H2,1H3,(H,25,30)/t18-/m0/s1. The number of carbonyl (C=O) groups excluding carboxylic acids is 1. The van der Waals surface area contributed by atoms with E-state index in [1.165, 1.54) is 31.4 Å². The van der Waals surface area contributed by atoms with Crippen molar-refractivity contribution in [1.82, 2.24) is 24.6 Å². The molecule has 158 valence electrons. The quantitative estimate of drug-likeness (QED) is 0.604. The second-order valence-electron chi connectivity index (χ2n) is 7.85. The maximum atomic E-state index is 13.7. The van der Waals surface area contributed by atoms with Crippen molar-refractivity contribution in [2.75, 3.05) is 19.6 Å². The fraction of sp³-hybridized carbons (Fsp3) is 0.391. The van der Waals surface area contributed by atoms with E-state index in [1.807, 2.05) is 29.1 Å². The molecule has 1 fully saturated rings. The Bertz CT molecular complexity index is 981. The van der Waals surface area contributed by atoms with Crippen LogP contribution in [-0.4, -0.2) is 50.8 Å². The van der Waals surface area contributed by atoms with E-state index < -0.39 is 0 Å². The van der Waals surface area contributed by atoms with Gasteiger partial charge < -0.3 is 14.8 Å². The van der Waals surface area contributed by atoms with Crippen LogP contribution in [0.15, 0.2) is 55.0 Å². The Balaban J connectivity index is 1.47. The smallest absolute Gasteiger partial charge is 0.256 e. The van der Waals surface area contributed by atoms with E-state index in [0.717, 1.165) is 19.5 Å². The Labute approximate surface area is 176 Å². The van der Waals surface area contributed by atoms with E-state index in [9.17, 15) is 9.18 Å². The van der Waals surface area contributed by atoms with Gasteiger partial charge >= 0.3 is 0 Å². The first-order valence-corrected chi connectivity index (χ1v) is 10.6. The lowest BCUT2D eigenvalue weighted by Gasteiger charge is -2.33. The van der Waals surface area contributed by atoms with Crippen LogP contribution in [0.1, 0.15) is 43.0 Å². The van der Waals surface area contributed by atoms with Gasteiger partial charge in [-0.25, -0.2) is 9.07 Å². The molecule has 7 heteroatoms. The summed E-state index contributed by atoms with van der Waals surface area (Å²) in [6, 6.07) is 10.6. The number of benzene rings is 1. The molecule has 1 atom stereocenters. The summed E-state index contributed by atoms with van der Waals surface area (Å²) in [6.07, 6.45) is 9.98. The third-order valence-electron chi connectivity index (χ3n) is 5.74. The molecule has 0 aliphatic carbocycles. The van der Waals surface area contributed by atoms with Gasteiger partial charge in [0.05, 0.1) is 11.9 Å². The lowest BCUT2D eigenvalue weighted by atomic mass is 10.0.